The van der Waals surface area contributed by atoms with Crippen LogP contribution in [-0.2, 0) is 4.79 Å². The number of carbonyl (C=O) groups is 1. The second-order valence-corrected chi connectivity index (χ2v) is 4.28. The molecule has 0 aromatic heterocycles. The van der Waals surface area contributed by atoms with Crippen LogP contribution in [0.15, 0.2) is 0 Å². The molecule has 1 amide bonds. The summed E-state index contributed by atoms with van der Waals surface area (Å²) in [7, 11) is 0. The molecule has 1 rings (SSSR count). The summed E-state index contributed by atoms with van der Waals surface area (Å²) in [6.07, 6.45) is 5.55. The Bertz CT molecular complexity index is 180. The molecule has 0 bridgehead atoms. The van der Waals surface area contributed by atoms with Crippen molar-refractivity contribution in [2.75, 3.05) is 0 Å². The van der Waals surface area contributed by atoms with Crippen molar-refractivity contribution in [3.63, 3.8) is 0 Å². The molecule has 0 aliphatic heterocycles. The number of rotatable bonds is 2. The molecule has 2 nitrogen and oxygen atoms in total. The fraction of sp³-hybridized carbons (Fsp3) is 0.900. The van der Waals surface area contributed by atoms with Crippen molar-refractivity contribution in [2.24, 2.45) is 0 Å². The van der Waals surface area contributed by atoms with Gasteiger partial charge in [-0.25, -0.2) is 4.39 Å². The van der Waals surface area contributed by atoms with Crippen LogP contribution in [0.1, 0.15) is 46.0 Å². The molecule has 76 valence electrons. The van der Waals surface area contributed by atoms with Crippen molar-refractivity contribution in [1.82, 2.24) is 5.32 Å². The molecule has 1 aliphatic carbocycles. The van der Waals surface area contributed by atoms with Crippen molar-refractivity contribution in [3.05, 3.63) is 0 Å². The van der Waals surface area contributed by atoms with Gasteiger partial charge in [-0.15, -0.1) is 0 Å². The lowest BCUT2D eigenvalue weighted by atomic mass is 9.95. The van der Waals surface area contributed by atoms with Crippen LogP contribution in [0.4, 0.5) is 4.39 Å². The summed E-state index contributed by atoms with van der Waals surface area (Å²) in [5, 5.41) is 2.74. The van der Waals surface area contributed by atoms with E-state index in [1.165, 1.54) is 20.3 Å². The zero-order valence-electron chi connectivity index (χ0n) is 8.40. The molecule has 0 saturated heterocycles. The lowest BCUT2D eigenvalue weighted by Crippen LogP contribution is -2.45. The Morgan fingerprint density at radius 1 is 1.31 bits per heavy atom. The van der Waals surface area contributed by atoms with Crippen LogP contribution < -0.4 is 5.32 Å². The minimum absolute atomic E-state index is 0.205. The number of nitrogens with one attached hydrogen (secondary N) is 1. The minimum Gasteiger partial charge on any atom is -0.351 e. The number of amides is 1. The third-order valence-corrected chi connectivity index (χ3v) is 2.48. The number of carbonyl (C=O) groups excluding carboxylic acids is 1. The summed E-state index contributed by atoms with van der Waals surface area (Å²) >= 11 is 0. The average Bonchev–Trinajstić information content (AvgIpc) is 2.04. The largest absolute Gasteiger partial charge is 0.351 e. The van der Waals surface area contributed by atoms with Gasteiger partial charge in [0.05, 0.1) is 0 Å². The molecule has 0 atom stereocenters. The van der Waals surface area contributed by atoms with E-state index in [4.69, 9.17) is 0 Å². The lowest BCUT2D eigenvalue weighted by Gasteiger charge is -2.25. The third-order valence-electron chi connectivity index (χ3n) is 2.48. The minimum atomic E-state index is -1.74. The maximum Gasteiger partial charge on any atom is 0.257 e. The van der Waals surface area contributed by atoms with Gasteiger partial charge in [0.2, 0.25) is 0 Å². The number of hydrogen-bond donors (Lipinski definition) is 1. The van der Waals surface area contributed by atoms with Gasteiger partial charge in [0.25, 0.3) is 5.91 Å². The molecule has 0 spiro atoms. The highest BCUT2D eigenvalue weighted by Gasteiger charge is 2.28. The quantitative estimate of drug-likeness (QED) is 0.705. The maximum absolute atomic E-state index is 13.1. The van der Waals surface area contributed by atoms with E-state index in [1.54, 1.807) is 0 Å². The van der Waals surface area contributed by atoms with Crippen LogP contribution in [0.2, 0.25) is 0 Å². The Morgan fingerprint density at radius 3 is 2.31 bits per heavy atom. The van der Waals surface area contributed by atoms with Crippen LogP contribution >= 0.6 is 0 Å². The fourth-order valence-electron chi connectivity index (χ4n) is 1.60. The predicted octanol–water partition coefficient (Wildman–Crippen LogP) is 2.18. The van der Waals surface area contributed by atoms with Crippen molar-refractivity contribution >= 4 is 5.91 Å². The van der Waals surface area contributed by atoms with Gasteiger partial charge in [-0.05, 0) is 26.7 Å². The molecule has 1 fully saturated rings. The van der Waals surface area contributed by atoms with E-state index in [-0.39, 0.29) is 6.04 Å². The summed E-state index contributed by atoms with van der Waals surface area (Å²) in [4.78, 5) is 11.2. The monoisotopic (exact) mass is 187 g/mol. The Morgan fingerprint density at radius 2 is 1.85 bits per heavy atom. The first-order valence-electron chi connectivity index (χ1n) is 5.00. The van der Waals surface area contributed by atoms with Crippen LogP contribution in [-0.4, -0.2) is 17.6 Å². The zero-order chi connectivity index (χ0) is 9.90. The standard InChI is InChI=1S/C10H18FNO/c1-10(2,11)9(13)12-8-6-4-3-5-7-8/h8H,3-7H2,1-2H3,(H,12,13). The smallest absolute Gasteiger partial charge is 0.257 e. The molecule has 1 aliphatic rings. The molecule has 3 heteroatoms. The number of hydrogen-bond acceptors (Lipinski definition) is 1. The van der Waals surface area contributed by atoms with Gasteiger partial charge < -0.3 is 5.32 Å². The number of halogens is 1. The van der Waals surface area contributed by atoms with Crippen molar-refractivity contribution < 1.29 is 9.18 Å². The Hall–Kier alpha value is -0.600. The van der Waals surface area contributed by atoms with Gasteiger partial charge in [-0.1, -0.05) is 19.3 Å². The van der Waals surface area contributed by atoms with Gasteiger partial charge in [-0.3, -0.25) is 4.79 Å². The Balaban J connectivity index is 2.35. The molecule has 0 unspecified atom stereocenters. The SMILES string of the molecule is CC(C)(F)C(=O)NC1CCCCC1. The third kappa shape index (κ3) is 3.33. The summed E-state index contributed by atoms with van der Waals surface area (Å²) in [6.45, 7) is 2.59. The Kier molecular flexibility index (Phi) is 3.28. The predicted molar refractivity (Wildman–Crippen MR) is 50.2 cm³/mol. The van der Waals surface area contributed by atoms with E-state index in [2.05, 4.69) is 5.32 Å². The molecular weight excluding hydrogens is 169 g/mol. The van der Waals surface area contributed by atoms with E-state index in [0.29, 0.717) is 0 Å². The topological polar surface area (TPSA) is 29.1 Å². The van der Waals surface area contributed by atoms with Crippen LogP contribution in [0.3, 0.4) is 0 Å². The second kappa shape index (κ2) is 4.07. The highest BCUT2D eigenvalue weighted by atomic mass is 19.1. The second-order valence-electron chi connectivity index (χ2n) is 4.28. The number of alkyl halides is 1. The maximum atomic E-state index is 13.1. The molecule has 0 aromatic rings. The van der Waals surface area contributed by atoms with Gasteiger partial charge in [0.1, 0.15) is 0 Å². The summed E-state index contributed by atoms with van der Waals surface area (Å²) in [5.74, 6) is -0.473. The van der Waals surface area contributed by atoms with Crippen molar-refractivity contribution in [2.45, 2.75) is 57.7 Å². The fourth-order valence-corrected chi connectivity index (χ4v) is 1.60. The van der Waals surface area contributed by atoms with E-state index in [0.717, 1.165) is 25.7 Å². The molecule has 0 aromatic carbocycles. The summed E-state index contributed by atoms with van der Waals surface area (Å²) < 4.78 is 13.1. The van der Waals surface area contributed by atoms with Crippen LogP contribution in [0, 0.1) is 0 Å². The molecule has 1 N–H and O–H groups in total. The Labute approximate surface area is 78.9 Å². The highest BCUT2D eigenvalue weighted by molar-refractivity contribution is 5.84. The molecule has 0 radical (unpaired) electrons. The van der Waals surface area contributed by atoms with E-state index in [1.807, 2.05) is 0 Å². The molecule has 0 heterocycles. The van der Waals surface area contributed by atoms with Gasteiger partial charge in [0, 0.05) is 6.04 Å². The zero-order valence-corrected chi connectivity index (χ0v) is 8.40. The first kappa shape index (κ1) is 10.5. The van der Waals surface area contributed by atoms with E-state index >= 15 is 0 Å². The van der Waals surface area contributed by atoms with E-state index < -0.39 is 11.6 Å². The molecule has 13 heavy (non-hydrogen) atoms. The first-order valence-corrected chi connectivity index (χ1v) is 5.00. The first-order chi connectivity index (χ1) is 6.00. The van der Waals surface area contributed by atoms with Gasteiger partial charge >= 0.3 is 0 Å². The lowest BCUT2D eigenvalue weighted by molar-refractivity contribution is -0.131. The average molecular weight is 187 g/mol. The summed E-state index contributed by atoms with van der Waals surface area (Å²) in [5.41, 5.74) is -1.74. The van der Waals surface area contributed by atoms with Gasteiger partial charge in [-0.2, -0.15) is 0 Å². The highest BCUT2D eigenvalue weighted by Crippen LogP contribution is 2.18. The van der Waals surface area contributed by atoms with Crippen molar-refractivity contribution in [3.8, 4) is 0 Å². The van der Waals surface area contributed by atoms with Crippen LogP contribution in [0.25, 0.3) is 0 Å². The van der Waals surface area contributed by atoms with Crippen molar-refractivity contribution in [1.29, 1.82) is 0 Å². The molecular formula is C10H18FNO. The summed E-state index contributed by atoms with van der Waals surface area (Å²) in [6, 6.07) is 0.205. The van der Waals surface area contributed by atoms with E-state index in [9.17, 15) is 9.18 Å². The molecule has 1 saturated carbocycles. The van der Waals surface area contributed by atoms with Crippen LogP contribution in [0.5, 0.6) is 0 Å². The van der Waals surface area contributed by atoms with Gasteiger partial charge in [0.15, 0.2) is 5.67 Å². The normalized spacial score (nSPS) is 19.9.